The molecule has 0 saturated heterocycles. The lowest BCUT2D eigenvalue weighted by molar-refractivity contribution is -0.137. The lowest BCUT2D eigenvalue weighted by Gasteiger charge is -2.24. The number of hydrogen-bond donors (Lipinski definition) is 2. The number of carboxylic acids is 1. The Morgan fingerprint density at radius 2 is 2.00 bits per heavy atom. The number of carbonyl (C=O) groups excluding carboxylic acids is 1. The number of aliphatic carboxylic acids is 1. The van der Waals surface area contributed by atoms with E-state index in [-0.39, 0.29) is 18.1 Å². The van der Waals surface area contributed by atoms with Gasteiger partial charge in [-0.2, -0.15) is 0 Å². The van der Waals surface area contributed by atoms with Crippen LogP contribution in [-0.4, -0.2) is 23.5 Å². The zero-order valence-electron chi connectivity index (χ0n) is 11.8. The smallest absolute Gasteiger partial charge is 0.303 e. The molecule has 0 saturated carbocycles. The molecule has 5 heteroatoms. The number of hydrogen-bond acceptors (Lipinski definition) is 2. The SMILES string of the molecule is CC(C)(C(=O)NCCCCC(=O)O)c1cccc(F)c1. The molecule has 0 unspecified atom stereocenters. The van der Waals surface area contributed by atoms with Gasteiger partial charge in [0.25, 0.3) is 0 Å². The molecule has 0 aromatic heterocycles. The molecule has 2 N–H and O–H groups in total. The normalized spacial score (nSPS) is 11.2. The third-order valence-corrected chi connectivity index (χ3v) is 3.22. The molecule has 0 atom stereocenters. The van der Waals surface area contributed by atoms with Gasteiger partial charge in [0.1, 0.15) is 5.82 Å². The Labute approximate surface area is 118 Å². The van der Waals surface area contributed by atoms with E-state index in [1.54, 1.807) is 26.0 Å². The van der Waals surface area contributed by atoms with E-state index >= 15 is 0 Å². The van der Waals surface area contributed by atoms with E-state index in [1.165, 1.54) is 12.1 Å². The third kappa shape index (κ3) is 4.64. The van der Waals surface area contributed by atoms with Crippen LogP contribution in [0.25, 0.3) is 0 Å². The van der Waals surface area contributed by atoms with E-state index in [0.717, 1.165) is 0 Å². The topological polar surface area (TPSA) is 66.4 Å². The summed E-state index contributed by atoms with van der Waals surface area (Å²) < 4.78 is 13.2. The van der Waals surface area contributed by atoms with Crippen LogP contribution in [0.1, 0.15) is 38.7 Å². The second kappa shape index (κ2) is 7.03. The van der Waals surface area contributed by atoms with Crippen molar-refractivity contribution in [2.45, 2.75) is 38.5 Å². The highest BCUT2D eigenvalue weighted by molar-refractivity contribution is 5.87. The Morgan fingerprint density at radius 1 is 1.30 bits per heavy atom. The molecule has 0 bridgehead atoms. The van der Waals surface area contributed by atoms with Crippen LogP contribution in [0.2, 0.25) is 0 Å². The van der Waals surface area contributed by atoms with Crippen LogP contribution in [0.3, 0.4) is 0 Å². The van der Waals surface area contributed by atoms with Gasteiger partial charge in [0.15, 0.2) is 0 Å². The first-order valence-electron chi connectivity index (χ1n) is 6.60. The highest BCUT2D eigenvalue weighted by Crippen LogP contribution is 2.23. The van der Waals surface area contributed by atoms with Crippen LogP contribution < -0.4 is 5.32 Å². The fraction of sp³-hybridized carbons (Fsp3) is 0.467. The number of unbranched alkanes of at least 4 members (excludes halogenated alkanes) is 1. The van der Waals surface area contributed by atoms with E-state index < -0.39 is 11.4 Å². The van der Waals surface area contributed by atoms with Crippen molar-refractivity contribution in [3.05, 3.63) is 35.6 Å². The fourth-order valence-corrected chi connectivity index (χ4v) is 1.83. The van der Waals surface area contributed by atoms with Crippen LogP contribution in [-0.2, 0) is 15.0 Å². The summed E-state index contributed by atoms with van der Waals surface area (Å²) in [6, 6.07) is 5.98. The summed E-state index contributed by atoms with van der Waals surface area (Å²) in [7, 11) is 0. The second-order valence-electron chi connectivity index (χ2n) is 5.24. The van der Waals surface area contributed by atoms with Crippen LogP contribution in [0.5, 0.6) is 0 Å². The first kappa shape index (κ1) is 16.1. The maximum absolute atomic E-state index is 13.2. The summed E-state index contributed by atoms with van der Waals surface area (Å²) in [5.74, 6) is -1.40. The summed E-state index contributed by atoms with van der Waals surface area (Å²) in [6.07, 6.45) is 1.23. The molecule has 1 aromatic carbocycles. The van der Waals surface area contributed by atoms with Gasteiger partial charge >= 0.3 is 5.97 Å². The zero-order chi connectivity index (χ0) is 15.2. The Kier molecular flexibility index (Phi) is 5.67. The number of amides is 1. The minimum atomic E-state index is -0.837. The first-order valence-corrected chi connectivity index (χ1v) is 6.60. The lowest BCUT2D eigenvalue weighted by Crippen LogP contribution is -2.40. The highest BCUT2D eigenvalue weighted by atomic mass is 19.1. The van der Waals surface area contributed by atoms with Crippen LogP contribution >= 0.6 is 0 Å². The molecule has 110 valence electrons. The molecule has 0 aliphatic heterocycles. The summed E-state index contributed by atoms with van der Waals surface area (Å²) in [5.41, 5.74) is -0.213. The number of carbonyl (C=O) groups is 2. The lowest BCUT2D eigenvalue weighted by atomic mass is 9.83. The molecule has 0 heterocycles. The van der Waals surface area contributed by atoms with Gasteiger partial charge in [-0.25, -0.2) is 4.39 Å². The Balaban J connectivity index is 2.51. The Hall–Kier alpha value is -1.91. The van der Waals surface area contributed by atoms with E-state index in [1.807, 2.05) is 0 Å². The largest absolute Gasteiger partial charge is 0.481 e. The average Bonchev–Trinajstić information content (AvgIpc) is 2.37. The summed E-state index contributed by atoms with van der Waals surface area (Å²) in [4.78, 5) is 22.5. The van der Waals surface area contributed by atoms with Crippen LogP contribution in [0.4, 0.5) is 4.39 Å². The minimum absolute atomic E-state index is 0.100. The number of rotatable bonds is 7. The highest BCUT2D eigenvalue weighted by Gasteiger charge is 2.29. The Morgan fingerprint density at radius 3 is 2.60 bits per heavy atom. The van der Waals surface area contributed by atoms with Crippen LogP contribution in [0.15, 0.2) is 24.3 Å². The van der Waals surface area contributed by atoms with E-state index in [2.05, 4.69) is 5.32 Å². The predicted octanol–water partition coefficient (Wildman–Crippen LogP) is 2.47. The molecule has 1 rings (SSSR count). The third-order valence-electron chi connectivity index (χ3n) is 3.22. The monoisotopic (exact) mass is 281 g/mol. The number of carboxylic acid groups (broad SMARTS) is 1. The fourth-order valence-electron chi connectivity index (χ4n) is 1.83. The van der Waals surface area contributed by atoms with E-state index in [9.17, 15) is 14.0 Å². The molecule has 1 aromatic rings. The van der Waals surface area contributed by atoms with Crippen molar-refractivity contribution >= 4 is 11.9 Å². The molecule has 0 aliphatic carbocycles. The van der Waals surface area contributed by atoms with Crippen molar-refractivity contribution in [2.24, 2.45) is 0 Å². The van der Waals surface area contributed by atoms with Crippen molar-refractivity contribution in [3.63, 3.8) is 0 Å². The van der Waals surface area contributed by atoms with Crippen molar-refractivity contribution in [3.8, 4) is 0 Å². The molecular formula is C15H20FNO3. The maximum Gasteiger partial charge on any atom is 0.303 e. The number of nitrogens with one attached hydrogen (secondary N) is 1. The molecule has 0 fully saturated rings. The standard InChI is InChI=1S/C15H20FNO3/c1-15(2,11-6-5-7-12(16)10-11)14(20)17-9-4-3-8-13(18)19/h5-7,10H,3-4,8-9H2,1-2H3,(H,17,20)(H,18,19). The van der Waals surface area contributed by atoms with Gasteiger partial charge in [-0.1, -0.05) is 12.1 Å². The van der Waals surface area contributed by atoms with Crippen molar-refractivity contribution in [2.75, 3.05) is 6.54 Å². The Bertz CT molecular complexity index is 486. The van der Waals surface area contributed by atoms with Crippen molar-refractivity contribution in [1.82, 2.24) is 5.32 Å². The molecule has 0 radical (unpaired) electrons. The summed E-state index contributed by atoms with van der Waals surface area (Å²) >= 11 is 0. The number of halogens is 1. The molecule has 20 heavy (non-hydrogen) atoms. The average molecular weight is 281 g/mol. The molecular weight excluding hydrogens is 261 g/mol. The number of benzene rings is 1. The van der Waals surface area contributed by atoms with Gasteiger partial charge < -0.3 is 10.4 Å². The maximum atomic E-state index is 13.2. The van der Waals surface area contributed by atoms with Gasteiger partial charge in [-0.05, 0) is 44.4 Å². The van der Waals surface area contributed by atoms with Gasteiger partial charge in [0.2, 0.25) is 5.91 Å². The zero-order valence-corrected chi connectivity index (χ0v) is 11.8. The molecule has 0 aliphatic rings. The van der Waals surface area contributed by atoms with Gasteiger partial charge in [-0.15, -0.1) is 0 Å². The second-order valence-corrected chi connectivity index (χ2v) is 5.24. The molecule has 1 amide bonds. The van der Waals surface area contributed by atoms with Gasteiger partial charge in [-0.3, -0.25) is 9.59 Å². The van der Waals surface area contributed by atoms with E-state index in [4.69, 9.17) is 5.11 Å². The van der Waals surface area contributed by atoms with Crippen molar-refractivity contribution < 1.29 is 19.1 Å². The van der Waals surface area contributed by atoms with E-state index in [0.29, 0.717) is 24.9 Å². The van der Waals surface area contributed by atoms with Crippen LogP contribution in [0, 0.1) is 5.82 Å². The van der Waals surface area contributed by atoms with Gasteiger partial charge in [0.05, 0.1) is 5.41 Å². The molecule has 0 spiro atoms. The van der Waals surface area contributed by atoms with Gasteiger partial charge in [0, 0.05) is 13.0 Å². The predicted molar refractivity (Wildman–Crippen MR) is 73.9 cm³/mol. The summed E-state index contributed by atoms with van der Waals surface area (Å²) in [5, 5.41) is 11.3. The quantitative estimate of drug-likeness (QED) is 0.754. The first-order chi connectivity index (χ1) is 9.34. The molecule has 4 nitrogen and oxygen atoms in total. The van der Waals surface area contributed by atoms with Crippen molar-refractivity contribution in [1.29, 1.82) is 0 Å². The summed E-state index contributed by atoms with van der Waals surface area (Å²) in [6.45, 7) is 3.88. The minimum Gasteiger partial charge on any atom is -0.481 e.